The minimum absolute atomic E-state index is 0.0749. The van der Waals surface area contributed by atoms with Crippen LogP contribution < -0.4 is 0 Å². The lowest BCUT2D eigenvalue weighted by molar-refractivity contribution is -0.137. The number of hydrogen-bond acceptors (Lipinski definition) is 3. The number of benzene rings is 4. The molecule has 0 atom stereocenters. The standard InChI is InChI=1S/C31H23F3N2O3S/c1-20-10-16-23(17-11-20)40(37,38)39-30(21-12-14-22(15-13-21)31(32,33)34,26-18-35-28-8-4-2-6-24(26)28)27-19-36-29-9-5-3-7-25(27)29/h2-19,35-36H,1H3. The minimum atomic E-state index is -4.57. The smallest absolute Gasteiger partial charge is 0.361 e. The molecule has 0 saturated heterocycles. The zero-order valence-electron chi connectivity index (χ0n) is 21.2. The highest BCUT2D eigenvalue weighted by molar-refractivity contribution is 7.86. The van der Waals surface area contributed by atoms with Gasteiger partial charge in [0.25, 0.3) is 10.1 Å². The van der Waals surface area contributed by atoms with E-state index in [1.165, 1.54) is 24.3 Å². The molecule has 6 aromatic rings. The number of aromatic amines is 2. The maximum atomic E-state index is 14.0. The van der Waals surface area contributed by atoms with Crippen molar-refractivity contribution in [3.05, 3.63) is 137 Å². The zero-order valence-corrected chi connectivity index (χ0v) is 22.0. The Kier molecular flexibility index (Phi) is 6.08. The first-order valence-corrected chi connectivity index (χ1v) is 13.8. The normalized spacial score (nSPS) is 12.8. The number of para-hydroxylation sites is 2. The van der Waals surface area contributed by atoms with Gasteiger partial charge in [0.05, 0.1) is 10.5 Å². The average molecular weight is 561 g/mol. The van der Waals surface area contributed by atoms with Gasteiger partial charge in [-0.1, -0.05) is 66.2 Å². The molecule has 202 valence electrons. The minimum Gasteiger partial charge on any atom is -0.361 e. The summed E-state index contributed by atoms with van der Waals surface area (Å²) in [7, 11) is -4.46. The maximum Gasteiger partial charge on any atom is 0.416 e. The average Bonchev–Trinajstić information content (AvgIpc) is 3.57. The summed E-state index contributed by atoms with van der Waals surface area (Å²) >= 11 is 0. The monoisotopic (exact) mass is 560 g/mol. The summed E-state index contributed by atoms with van der Waals surface area (Å²) in [6, 6.07) is 25.2. The lowest BCUT2D eigenvalue weighted by Crippen LogP contribution is -2.35. The Morgan fingerprint density at radius 2 is 1.12 bits per heavy atom. The van der Waals surface area contributed by atoms with Crippen molar-refractivity contribution in [2.75, 3.05) is 0 Å². The number of halogens is 3. The van der Waals surface area contributed by atoms with Crippen molar-refractivity contribution < 1.29 is 25.8 Å². The second-order valence-corrected chi connectivity index (χ2v) is 11.1. The lowest BCUT2D eigenvalue weighted by atomic mass is 9.80. The Morgan fingerprint density at radius 1 is 0.650 bits per heavy atom. The molecule has 0 amide bonds. The van der Waals surface area contributed by atoms with Gasteiger partial charge in [-0.25, -0.2) is 4.18 Å². The molecule has 0 bridgehead atoms. The van der Waals surface area contributed by atoms with Crippen LogP contribution in [0.15, 0.2) is 114 Å². The molecule has 0 unspecified atom stereocenters. The van der Waals surface area contributed by atoms with Gasteiger partial charge in [0, 0.05) is 45.3 Å². The first kappa shape index (κ1) is 25.9. The molecular formula is C31H23F3N2O3S. The highest BCUT2D eigenvalue weighted by Gasteiger charge is 2.46. The van der Waals surface area contributed by atoms with Gasteiger partial charge < -0.3 is 9.97 Å². The lowest BCUT2D eigenvalue weighted by Gasteiger charge is -2.34. The van der Waals surface area contributed by atoms with Crippen LogP contribution in [0.1, 0.15) is 27.8 Å². The fourth-order valence-electron chi connectivity index (χ4n) is 5.13. The van der Waals surface area contributed by atoms with Crippen LogP contribution in [0.25, 0.3) is 21.8 Å². The van der Waals surface area contributed by atoms with Gasteiger partial charge in [-0.15, -0.1) is 0 Å². The second-order valence-electron chi connectivity index (χ2n) is 9.60. The number of hydrogen-bond donors (Lipinski definition) is 2. The molecule has 0 spiro atoms. The molecule has 2 heterocycles. The Labute approximate surface area is 228 Å². The first-order chi connectivity index (χ1) is 19.1. The van der Waals surface area contributed by atoms with E-state index < -0.39 is 27.5 Å². The van der Waals surface area contributed by atoms with Crippen LogP contribution in [0.2, 0.25) is 0 Å². The third kappa shape index (κ3) is 4.27. The number of aryl methyl sites for hydroxylation is 1. The van der Waals surface area contributed by atoms with E-state index in [2.05, 4.69) is 9.97 Å². The molecule has 0 aliphatic heterocycles. The summed E-state index contributed by atoms with van der Waals surface area (Å²) in [5.41, 5.74) is 0.644. The van der Waals surface area contributed by atoms with Crippen LogP contribution in [-0.4, -0.2) is 18.4 Å². The molecule has 0 aliphatic rings. The Morgan fingerprint density at radius 3 is 1.62 bits per heavy atom. The molecule has 0 radical (unpaired) electrons. The van der Waals surface area contributed by atoms with E-state index in [1.807, 2.05) is 43.3 Å². The van der Waals surface area contributed by atoms with Gasteiger partial charge in [0.1, 0.15) is 0 Å². The van der Waals surface area contributed by atoms with Crippen molar-refractivity contribution in [1.82, 2.24) is 9.97 Å². The van der Waals surface area contributed by atoms with Gasteiger partial charge >= 0.3 is 6.18 Å². The Hall–Kier alpha value is -4.34. The molecule has 0 fully saturated rings. The third-order valence-electron chi connectivity index (χ3n) is 7.10. The number of alkyl halides is 3. The second kappa shape index (κ2) is 9.39. The summed E-state index contributed by atoms with van der Waals surface area (Å²) in [6.45, 7) is 1.83. The SMILES string of the molecule is Cc1ccc(S(=O)(=O)OC(c2ccc(C(F)(F)F)cc2)(c2c[nH]c3ccccc23)c2c[nH]c3ccccc23)cc1. The number of nitrogens with one attached hydrogen (secondary N) is 2. The number of rotatable bonds is 6. The summed E-state index contributed by atoms with van der Waals surface area (Å²) < 4.78 is 75.0. The molecule has 0 saturated carbocycles. The zero-order chi connectivity index (χ0) is 28.1. The molecule has 40 heavy (non-hydrogen) atoms. The quantitative estimate of drug-likeness (QED) is 0.205. The van der Waals surface area contributed by atoms with Gasteiger partial charge in [-0.05, 0) is 48.9 Å². The van der Waals surface area contributed by atoms with E-state index in [9.17, 15) is 21.6 Å². The number of aromatic nitrogens is 2. The largest absolute Gasteiger partial charge is 0.416 e. The van der Waals surface area contributed by atoms with E-state index >= 15 is 0 Å². The van der Waals surface area contributed by atoms with Crippen molar-refractivity contribution in [2.24, 2.45) is 0 Å². The van der Waals surface area contributed by atoms with Crippen molar-refractivity contribution in [2.45, 2.75) is 23.6 Å². The van der Waals surface area contributed by atoms with E-state index in [-0.39, 0.29) is 10.5 Å². The molecular weight excluding hydrogens is 537 g/mol. The fraction of sp³-hybridized carbons (Fsp3) is 0.0968. The highest BCUT2D eigenvalue weighted by atomic mass is 32.2. The predicted octanol–water partition coefficient (Wildman–Crippen LogP) is 7.67. The third-order valence-corrected chi connectivity index (χ3v) is 8.42. The van der Waals surface area contributed by atoms with Gasteiger partial charge in [-0.3, -0.25) is 0 Å². The van der Waals surface area contributed by atoms with Crippen LogP contribution >= 0.6 is 0 Å². The van der Waals surface area contributed by atoms with Crippen molar-refractivity contribution >= 4 is 31.9 Å². The summed E-state index contributed by atoms with van der Waals surface area (Å²) in [6.07, 6.45) is -1.28. The summed E-state index contributed by atoms with van der Waals surface area (Å²) in [5.74, 6) is 0. The summed E-state index contributed by atoms with van der Waals surface area (Å²) in [5, 5.41) is 1.32. The number of H-pyrrole nitrogens is 2. The van der Waals surface area contributed by atoms with Gasteiger partial charge in [0.15, 0.2) is 5.60 Å². The van der Waals surface area contributed by atoms with E-state index in [4.69, 9.17) is 4.18 Å². The van der Waals surface area contributed by atoms with Gasteiger partial charge in [0.2, 0.25) is 0 Å². The summed E-state index contributed by atoms with van der Waals surface area (Å²) in [4.78, 5) is 6.28. The molecule has 2 aromatic heterocycles. The van der Waals surface area contributed by atoms with E-state index in [0.717, 1.165) is 17.7 Å². The molecule has 6 rings (SSSR count). The Balaban J connectivity index is 1.71. The number of fused-ring (bicyclic) bond motifs is 2. The predicted molar refractivity (Wildman–Crippen MR) is 147 cm³/mol. The highest BCUT2D eigenvalue weighted by Crippen LogP contribution is 2.48. The Bertz CT molecular complexity index is 1860. The van der Waals surface area contributed by atoms with Crippen molar-refractivity contribution in [3.63, 3.8) is 0 Å². The molecule has 9 heteroatoms. The van der Waals surface area contributed by atoms with Crippen LogP contribution in [0.5, 0.6) is 0 Å². The van der Waals surface area contributed by atoms with E-state index in [1.54, 1.807) is 36.7 Å². The topological polar surface area (TPSA) is 75.0 Å². The van der Waals surface area contributed by atoms with Gasteiger partial charge in [-0.2, -0.15) is 21.6 Å². The van der Waals surface area contributed by atoms with Crippen LogP contribution in [0.3, 0.4) is 0 Å². The first-order valence-electron chi connectivity index (χ1n) is 12.4. The molecule has 4 aromatic carbocycles. The van der Waals surface area contributed by atoms with Crippen molar-refractivity contribution in [3.8, 4) is 0 Å². The van der Waals surface area contributed by atoms with Crippen molar-refractivity contribution in [1.29, 1.82) is 0 Å². The van der Waals surface area contributed by atoms with E-state index in [0.29, 0.717) is 32.9 Å². The molecule has 5 nitrogen and oxygen atoms in total. The van der Waals surface area contributed by atoms with Crippen LogP contribution in [0, 0.1) is 6.92 Å². The van der Waals surface area contributed by atoms with Crippen LogP contribution in [-0.2, 0) is 26.1 Å². The maximum absolute atomic E-state index is 14.0. The molecule has 2 N–H and O–H groups in total. The van der Waals surface area contributed by atoms with Crippen LogP contribution in [0.4, 0.5) is 13.2 Å². The fourth-order valence-corrected chi connectivity index (χ4v) is 6.30. The molecule has 0 aliphatic carbocycles.